The molecule has 21 heavy (non-hydrogen) atoms. The minimum Gasteiger partial charge on any atom is -0.456 e. The van der Waals surface area contributed by atoms with E-state index in [1.807, 2.05) is 0 Å². The molecule has 9 heteroatoms. The Hall–Kier alpha value is -1.71. The van der Waals surface area contributed by atoms with E-state index in [1.54, 1.807) is 0 Å². The van der Waals surface area contributed by atoms with Crippen LogP contribution < -0.4 is 0 Å². The number of rotatable bonds is 4. The van der Waals surface area contributed by atoms with Crippen LogP contribution in [0.1, 0.15) is 20.8 Å². The van der Waals surface area contributed by atoms with Crippen molar-refractivity contribution in [3.63, 3.8) is 0 Å². The van der Waals surface area contributed by atoms with Crippen LogP contribution in [-0.2, 0) is 33.3 Å². The van der Waals surface area contributed by atoms with Crippen molar-refractivity contribution in [3.8, 4) is 0 Å². The summed E-state index contributed by atoms with van der Waals surface area (Å²) < 4.78 is 19.8. The first-order chi connectivity index (χ1) is 9.76. The van der Waals surface area contributed by atoms with E-state index >= 15 is 0 Å². The summed E-state index contributed by atoms with van der Waals surface area (Å²) in [5.74, 6) is -2.19. The van der Waals surface area contributed by atoms with E-state index in [2.05, 4.69) is 0 Å². The molecule has 1 saturated heterocycles. The Bertz CT molecular complexity index is 408. The topological polar surface area (TPSA) is 129 Å². The van der Waals surface area contributed by atoms with E-state index in [0.717, 1.165) is 20.8 Å². The van der Waals surface area contributed by atoms with Crippen LogP contribution in [0.4, 0.5) is 0 Å². The van der Waals surface area contributed by atoms with Crippen molar-refractivity contribution in [2.24, 2.45) is 0 Å². The second-order valence-electron chi connectivity index (χ2n) is 4.47. The summed E-state index contributed by atoms with van der Waals surface area (Å²) in [6.07, 6.45) is -6.65. The molecule has 0 radical (unpaired) electrons. The summed E-state index contributed by atoms with van der Waals surface area (Å²) in [5.41, 5.74) is 0. The number of hydrogen-bond donors (Lipinski definition) is 2. The number of aliphatic hydroxyl groups excluding tert-OH is 2. The minimum atomic E-state index is -1.64. The zero-order chi connectivity index (χ0) is 16.2. The molecular formula is C12H18O9. The number of hydrogen-bond acceptors (Lipinski definition) is 9. The first-order valence-corrected chi connectivity index (χ1v) is 6.22. The van der Waals surface area contributed by atoms with E-state index in [1.165, 1.54) is 0 Å². The maximum atomic E-state index is 11.2. The molecule has 0 spiro atoms. The van der Waals surface area contributed by atoms with Gasteiger partial charge in [-0.1, -0.05) is 0 Å². The first kappa shape index (κ1) is 17.3. The van der Waals surface area contributed by atoms with Gasteiger partial charge in [0.05, 0.1) is 6.61 Å². The molecule has 2 N–H and O–H groups in total. The molecule has 0 unspecified atom stereocenters. The fourth-order valence-electron chi connectivity index (χ4n) is 2.02. The van der Waals surface area contributed by atoms with Crippen LogP contribution in [0.5, 0.6) is 0 Å². The van der Waals surface area contributed by atoms with E-state index in [4.69, 9.17) is 18.9 Å². The van der Waals surface area contributed by atoms with Crippen molar-refractivity contribution >= 4 is 17.9 Å². The third kappa shape index (κ3) is 4.66. The lowest BCUT2D eigenvalue weighted by molar-refractivity contribution is -0.295. The van der Waals surface area contributed by atoms with Gasteiger partial charge >= 0.3 is 17.9 Å². The zero-order valence-corrected chi connectivity index (χ0v) is 11.8. The lowest BCUT2D eigenvalue weighted by Gasteiger charge is -2.42. The molecule has 5 atom stereocenters. The van der Waals surface area contributed by atoms with Crippen molar-refractivity contribution in [1.82, 2.24) is 0 Å². The molecule has 1 aliphatic heterocycles. The molecule has 0 aromatic carbocycles. The normalized spacial score (nSPS) is 32.1. The Kier molecular flexibility index (Phi) is 6.06. The largest absolute Gasteiger partial charge is 0.456 e. The molecule has 0 aliphatic carbocycles. The van der Waals surface area contributed by atoms with Crippen molar-refractivity contribution in [2.45, 2.75) is 51.5 Å². The first-order valence-electron chi connectivity index (χ1n) is 6.22. The van der Waals surface area contributed by atoms with E-state index < -0.39 is 55.2 Å². The minimum absolute atomic E-state index is 0.598. The average Bonchev–Trinajstić information content (AvgIpc) is 2.35. The van der Waals surface area contributed by atoms with Gasteiger partial charge in [-0.05, 0) is 0 Å². The second-order valence-corrected chi connectivity index (χ2v) is 4.47. The summed E-state index contributed by atoms with van der Waals surface area (Å²) in [5, 5.41) is 19.0. The van der Waals surface area contributed by atoms with Gasteiger partial charge in [0.2, 0.25) is 0 Å². The highest BCUT2D eigenvalue weighted by molar-refractivity contribution is 5.68. The van der Waals surface area contributed by atoms with Crippen molar-refractivity contribution in [3.05, 3.63) is 0 Å². The predicted molar refractivity (Wildman–Crippen MR) is 64.6 cm³/mol. The Morgan fingerprint density at radius 3 is 1.76 bits per heavy atom. The fraction of sp³-hybridized carbons (Fsp3) is 0.750. The van der Waals surface area contributed by atoms with Gasteiger partial charge in [0.15, 0.2) is 24.6 Å². The lowest BCUT2D eigenvalue weighted by Crippen LogP contribution is -2.62. The van der Waals surface area contributed by atoms with Crippen LogP contribution in [0.3, 0.4) is 0 Å². The molecule has 120 valence electrons. The lowest BCUT2D eigenvalue weighted by atomic mass is 9.98. The molecule has 0 aromatic rings. The Morgan fingerprint density at radius 2 is 1.33 bits per heavy atom. The van der Waals surface area contributed by atoms with Crippen LogP contribution in [0.15, 0.2) is 0 Å². The van der Waals surface area contributed by atoms with Gasteiger partial charge < -0.3 is 29.2 Å². The van der Waals surface area contributed by atoms with Crippen molar-refractivity contribution in [2.75, 3.05) is 6.61 Å². The quantitative estimate of drug-likeness (QED) is 0.470. The summed E-state index contributed by atoms with van der Waals surface area (Å²) in [6.45, 7) is 2.71. The van der Waals surface area contributed by atoms with Gasteiger partial charge in [0.1, 0.15) is 6.10 Å². The van der Waals surface area contributed by atoms with Crippen LogP contribution in [0, 0.1) is 0 Å². The van der Waals surface area contributed by atoms with Crippen LogP contribution in [0.2, 0.25) is 0 Å². The van der Waals surface area contributed by atoms with Crippen LogP contribution in [-0.4, -0.2) is 65.4 Å². The molecule has 1 rings (SSSR count). The molecule has 1 fully saturated rings. The highest BCUT2D eigenvalue weighted by Gasteiger charge is 2.51. The molecular weight excluding hydrogens is 288 g/mol. The second kappa shape index (κ2) is 7.34. The van der Waals surface area contributed by atoms with Gasteiger partial charge in [0, 0.05) is 20.8 Å². The zero-order valence-electron chi connectivity index (χ0n) is 11.8. The number of carbonyl (C=O) groups is 3. The van der Waals surface area contributed by atoms with Crippen LogP contribution >= 0.6 is 0 Å². The molecule has 0 bridgehead atoms. The maximum Gasteiger partial charge on any atom is 0.303 e. The van der Waals surface area contributed by atoms with E-state index in [-0.39, 0.29) is 0 Å². The third-order valence-corrected chi connectivity index (χ3v) is 2.70. The number of ether oxygens (including phenoxy) is 4. The summed E-state index contributed by atoms with van der Waals surface area (Å²) in [7, 11) is 0. The third-order valence-electron chi connectivity index (χ3n) is 2.70. The van der Waals surface area contributed by atoms with Gasteiger partial charge in [-0.15, -0.1) is 0 Å². The molecule has 1 aliphatic rings. The Morgan fingerprint density at radius 1 is 0.905 bits per heavy atom. The summed E-state index contributed by atoms with van der Waals surface area (Å²) >= 11 is 0. The standard InChI is InChI=1S/C12H18O9/c1-5(14)18-9-8(4-13)21-12(17)11(20-7(3)16)10(9)19-6(2)15/h8-13,17H,4H2,1-3H3/t8-,9+,10+,11-,12+/m1/s1. The van der Waals surface area contributed by atoms with Gasteiger partial charge in [-0.25, -0.2) is 0 Å². The van der Waals surface area contributed by atoms with E-state index in [9.17, 15) is 24.6 Å². The monoisotopic (exact) mass is 306 g/mol. The summed E-state index contributed by atoms with van der Waals surface area (Å²) in [4.78, 5) is 33.4. The number of carbonyl (C=O) groups excluding carboxylic acids is 3. The molecule has 9 nitrogen and oxygen atoms in total. The Labute approximate surface area is 120 Å². The van der Waals surface area contributed by atoms with Crippen molar-refractivity contribution in [1.29, 1.82) is 0 Å². The van der Waals surface area contributed by atoms with Crippen molar-refractivity contribution < 1.29 is 43.5 Å². The average molecular weight is 306 g/mol. The molecule has 0 amide bonds. The van der Waals surface area contributed by atoms with Gasteiger partial charge in [-0.3, -0.25) is 14.4 Å². The number of esters is 3. The molecule has 1 heterocycles. The fourth-order valence-corrected chi connectivity index (χ4v) is 2.02. The van der Waals surface area contributed by atoms with Crippen LogP contribution in [0.25, 0.3) is 0 Å². The molecule has 0 aromatic heterocycles. The van der Waals surface area contributed by atoms with Gasteiger partial charge in [-0.2, -0.15) is 0 Å². The summed E-state index contributed by atoms with van der Waals surface area (Å²) in [6, 6.07) is 0. The highest BCUT2D eigenvalue weighted by Crippen LogP contribution is 2.27. The SMILES string of the molecule is CC(=O)O[C@@H]1[C@@H](OC(C)=O)[C@@H](O)O[C@H](CO)[C@@H]1OC(C)=O. The maximum absolute atomic E-state index is 11.2. The van der Waals surface area contributed by atoms with Gasteiger partial charge in [0.25, 0.3) is 0 Å². The molecule has 0 saturated carbocycles. The predicted octanol–water partition coefficient (Wildman–Crippen LogP) is -1.51. The highest BCUT2D eigenvalue weighted by atomic mass is 16.7. The Balaban J connectivity index is 3.08. The smallest absolute Gasteiger partial charge is 0.303 e. The van der Waals surface area contributed by atoms with E-state index in [0.29, 0.717) is 0 Å². The number of aliphatic hydroxyl groups is 2.